The van der Waals surface area contributed by atoms with Crippen molar-refractivity contribution in [3.05, 3.63) is 23.8 Å². The Morgan fingerprint density at radius 2 is 2.36 bits per heavy atom. The highest BCUT2D eigenvalue weighted by atomic mass is 32.2. The van der Waals surface area contributed by atoms with Crippen LogP contribution in [0.15, 0.2) is 28.0 Å². The highest BCUT2D eigenvalue weighted by Gasteiger charge is 2.15. The van der Waals surface area contributed by atoms with Crippen LogP contribution in [-0.4, -0.2) is 23.6 Å². The molecule has 0 spiro atoms. The predicted octanol–water partition coefficient (Wildman–Crippen LogP) is 0.667. The fourth-order valence-corrected chi connectivity index (χ4v) is 2.81. The van der Waals surface area contributed by atoms with E-state index in [2.05, 4.69) is 19.9 Å². The maximum Gasteiger partial charge on any atom is 0.273 e. The van der Waals surface area contributed by atoms with Crippen LogP contribution in [0.1, 0.15) is 0 Å². The molecule has 0 radical (unpaired) electrons. The zero-order chi connectivity index (χ0) is 10.0. The third-order valence-corrected chi connectivity index (χ3v) is 4.14. The van der Waals surface area contributed by atoms with E-state index in [9.17, 15) is 8.42 Å². The van der Waals surface area contributed by atoms with Gasteiger partial charge in [-0.1, -0.05) is 6.07 Å². The average molecular weight is 230 g/mol. The van der Waals surface area contributed by atoms with E-state index in [4.69, 9.17) is 0 Å². The molecule has 2 aromatic rings. The summed E-state index contributed by atoms with van der Waals surface area (Å²) in [5.74, 6) is 0.110. The first-order valence-corrected chi connectivity index (χ1v) is 5.96. The van der Waals surface area contributed by atoms with Crippen molar-refractivity contribution in [2.75, 3.05) is 4.72 Å². The van der Waals surface area contributed by atoms with Gasteiger partial charge in [0.05, 0.1) is 0 Å². The summed E-state index contributed by atoms with van der Waals surface area (Å²) in [6.45, 7) is 0. The van der Waals surface area contributed by atoms with Gasteiger partial charge in [-0.3, -0.25) is 0 Å². The predicted molar refractivity (Wildman–Crippen MR) is 51.5 cm³/mol. The first-order valence-electron chi connectivity index (χ1n) is 3.60. The fraction of sp³-hybridized carbons (Fsp3) is 0. The van der Waals surface area contributed by atoms with Gasteiger partial charge < -0.3 is 0 Å². The van der Waals surface area contributed by atoms with Crippen LogP contribution < -0.4 is 4.72 Å². The van der Waals surface area contributed by atoms with Crippen molar-refractivity contribution >= 4 is 27.3 Å². The summed E-state index contributed by atoms with van der Waals surface area (Å²) >= 11 is 1.14. The Labute approximate surface area is 84.1 Å². The van der Waals surface area contributed by atoms with Crippen LogP contribution in [0.3, 0.4) is 0 Å². The SMILES string of the molecule is O=S(=O)(Nc1ncn[nH]1)c1cccs1. The quantitative estimate of drug-likeness (QED) is 0.811. The number of aromatic amines is 1. The number of aromatic nitrogens is 3. The minimum atomic E-state index is -3.51. The summed E-state index contributed by atoms with van der Waals surface area (Å²) in [5.41, 5.74) is 0. The Balaban J connectivity index is 2.27. The molecule has 0 aliphatic rings. The van der Waals surface area contributed by atoms with Gasteiger partial charge in [0.2, 0.25) is 5.95 Å². The lowest BCUT2D eigenvalue weighted by molar-refractivity contribution is 0.603. The van der Waals surface area contributed by atoms with Gasteiger partial charge in [0.1, 0.15) is 10.5 Å². The van der Waals surface area contributed by atoms with Crippen LogP contribution >= 0.6 is 11.3 Å². The number of sulfonamides is 1. The van der Waals surface area contributed by atoms with Crippen molar-refractivity contribution in [2.45, 2.75) is 4.21 Å². The zero-order valence-electron chi connectivity index (χ0n) is 6.84. The molecule has 14 heavy (non-hydrogen) atoms. The molecule has 0 aliphatic carbocycles. The smallest absolute Gasteiger partial charge is 0.247 e. The van der Waals surface area contributed by atoms with Gasteiger partial charge in [-0.2, -0.15) is 10.1 Å². The second-order valence-electron chi connectivity index (χ2n) is 2.37. The molecule has 0 aromatic carbocycles. The molecule has 0 amide bonds. The average Bonchev–Trinajstić information content (AvgIpc) is 2.71. The van der Waals surface area contributed by atoms with E-state index in [0.717, 1.165) is 11.3 Å². The molecule has 74 valence electrons. The van der Waals surface area contributed by atoms with E-state index in [1.807, 2.05) is 0 Å². The van der Waals surface area contributed by atoms with Crippen LogP contribution in [0.5, 0.6) is 0 Å². The molecule has 6 nitrogen and oxygen atoms in total. The lowest BCUT2D eigenvalue weighted by Crippen LogP contribution is -2.12. The van der Waals surface area contributed by atoms with Gasteiger partial charge in [-0.25, -0.2) is 18.2 Å². The number of nitrogens with one attached hydrogen (secondary N) is 2. The number of hydrogen-bond acceptors (Lipinski definition) is 5. The number of thiophene rings is 1. The molecule has 0 saturated heterocycles. The second kappa shape index (κ2) is 3.39. The molecule has 8 heteroatoms. The normalized spacial score (nSPS) is 11.4. The molecular weight excluding hydrogens is 224 g/mol. The third kappa shape index (κ3) is 1.75. The van der Waals surface area contributed by atoms with E-state index in [1.54, 1.807) is 11.4 Å². The van der Waals surface area contributed by atoms with Gasteiger partial charge in [-0.05, 0) is 11.4 Å². The molecule has 2 N–H and O–H groups in total. The topological polar surface area (TPSA) is 87.7 Å². The van der Waals surface area contributed by atoms with Gasteiger partial charge >= 0.3 is 0 Å². The summed E-state index contributed by atoms with van der Waals surface area (Å²) < 4.78 is 25.6. The van der Waals surface area contributed by atoms with Crippen molar-refractivity contribution < 1.29 is 8.42 Å². The van der Waals surface area contributed by atoms with E-state index in [-0.39, 0.29) is 10.2 Å². The van der Waals surface area contributed by atoms with E-state index >= 15 is 0 Å². The Morgan fingerprint density at radius 3 is 2.93 bits per heavy atom. The summed E-state index contributed by atoms with van der Waals surface area (Å²) in [6.07, 6.45) is 1.23. The standard InChI is InChI=1S/C6H6N4O2S2/c11-14(12,5-2-1-3-13-5)10-6-7-4-8-9-6/h1-4H,(H2,7,8,9,10). The first-order chi connectivity index (χ1) is 6.68. The Hall–Kier alpha value is -1.41. The number of anilines is 1. The summed E-state index contributed by atoms with van der Waals surface area (Å²) in [6, 6.07) is 3.18. The Bertz CT molecular complexity index is 488. The van der Waals surface area contributed by atoms with Crippen molar-refractivity contribution in [3.8, 4) is 0 Å². The lowest BCUT2D eigenvalue weighted by Gasteiger charge is -2.00. The molecule has 0 atom stereocenters. The van der Waals surface area contributed by atoms with Crippen molar-refractivity contribution in [3.63, 3.8) is 0 Å². The molecule has 2 rings (SSSR count). The molecule has 2 heterocycles. The minimum Gasteiger partial charge on any atom is -0.247 e. The molecule has 0 aliphatic heterocycles. The highest BCUT2D eigenvalue weighted by Crippen LogP contribution is 2.17. The van der Waals surface area contributed by atoms with Gasteiger partial charge in [0.15, 0.2) is 0 Å². The largest absolute Gasteiger partial charge is 0.273 e. The monoisotopic (exact) mass is 230 g/mol. The fourth-order valence-electron chi connectivity index (χ4n) is 0.849. The lowest BCUT2D eigenvalue weighted by atomic mass is 10.7. The summed E-state index contributed by atoms with van der Waals surface area (Å²) in [5, 5.41) is 7.63. The number of nitrogens with zero attached hydrogens (tertiary/aromatic N) is 2. The Kier molecular flexibility index (Phi) is 2.22. The van der Waals surface area contributed by atoms with E-state index in [0.29, 0.717) is 0 Å². The molecular formula is C6H6N4O2S2. The molecule has 0 unspecified atom stereocenters. The molecule has 0 fully saturated rings. The molecule has 2 aromatic heterocycles. The van der Waals surface area contributed by atoms with E-state index in [1.165, 1.54) is 12.4 Å². The van der Waals surface area contributed by atoms with Crippen LogP contribution in [-0.2, 0) is 10.0 Å². The summed E-state index contributed by atoms with van der Waals surface area (Å²) in [7, 11) is -3.51. The van der Waals surface area contributed by atoms with Crippen LogP contribution in [0.4, 0.5) is 5.95 Å². The van der Waals surface area contributed by atoms with Gasteiger partial charge in [-0.15, -0.1) is 11.3 Å². The third-order valence-electron chi connectivity index (χ3n) is 1.41. The minimum absolute atomic E-state index is 0.110. The highest BCUT2D eigenvalue weighted by molar-refractivity contribution is 7.94. The van der Waals surface area contributed by atoms with Gasteiger partial charge in [0.25, 0.3) is 10.0 Å². The molecule has 0 bridgehead atoms. The maximum atomic E-state index is 11.6. The van der Waals surface area contributed by atoms with Crippen molar-refractivity contribution in [1.82, 2.24) is 15.2 Å². The van der Waals surface area contributed by atoms with E-state index < -0.39 is 10.0 Å². The Morgan fingerprint density at radius 1 is 1.50 bits per heavy atom. The number of H-pyrrole nitrogens is 1. The van der Waals surface area contributed by atoms with Crippen LogP contribution in [0.2, 0.25) is 0 Å². The van der Waals surface area contributed by atoms with Crippen LogP contribution in [0, 0.1) is 0 Å². The zero-order valence-corrected chi connectivity index (χ0v) is 8.47. The van der Waals surface area contributed by atoms with Gasteiger partial charge in [0, 0.05) is 0 Å². The second-order valence-corrected chi connectivity index (χ2v) is 5.23. The maximum absolute atomic E-state index is 11.6. The van der Waals surface area contributed by atoms with Crippen LogP contribution in [0.25, 0.3) is 0 Å². The number of rotatable bonds is 3. The summed E-state index contributed by atoms with van der Waals surface area (Å²) in [4.78, 5) is 3.66. The van der Waals surface area contributed by atoms with Crippen molar-refractivity contribution in [2.24, 2.45) is 0 Å². The van der Waals surface area contributed by atoms with Crippen molar-refractivity contribution in [1.29, 1.82) is 0 Å². The molecule has 0 saturated carbocycles. The first kappa shape index (κ1) is 9.16. The number of hydrogen-bond donors (Lipinski definition) is 2.